The van der Waals surface area contributed by atoms with E-state index >= 15 is 0 Å². The first-order valence-corrected chi connectivity index (χ1v) is 8.12. The molecule has 1 aliphatic rings. The van der Waals surface area contributed by atoms with Crippen LogP contribution >= 0.6 is 0 Å². The van der Waals surface area contributed by atoms with Crippen molar-refractivity contribution in [3.05, 3.63) is 35.9 Å². The molecule has 1 heterocycles. The average Bonchev–Trinajstić information content (AvgIpc) is 2.97. The molecule has 0 aliphatic carbocycles. The molecule has 1 aliphatic heterocycles. The number of carbonyl (C=O) groups excluding carboxylic acids is 2. The zero-order valence-corrected chi connectivity index (χ0v) is 14.6. The highest BCUT2D eigenvalue weighted by molar-refractivity contribution is 5.88. The van der Waals surface area contributed by atoms with E-state index in [2.05, 4.69) is 0 Å². The van der Waals surface area contributed by atoms with Gasteiger partial charge < -0.3 is 14.6 Å². The van der Waals surface area contributed by atoms with Gasteiger partial charge in [-0.05, 0) is 32.8 Å². The van der Waals surface area contributed by atoms with E-state index in [1.807, 2.05) is 30.3 Å². The Labute approximate surface area is 146 Å². The van der Waals surface area contributed by atoms with Crippen LogP contribution in [0.3, 0.4) is 0 Å². The van der Waals surface area contributed by atoms with Gasteiger partial charge in [-0.3, -0.25) is 9.69 Å². The molecule has 25 heavy (non-hydrogen) atoms. The molecular weight excluding hydrogens is 326 g/mol. The highest BCUT2D eigenvalue weighted by Crippen LogP contribution is 2.28. The Morgan fingerprint density at radius 3 is 2.40 bits per heavy atom. The van der Waals surface area contributed by atoms with Gasteiger partial charge in [-0.15, -0.1) is 0 Å². The van der Waals surface area contributed by atoms with Gasteiger partial charge >= 0.3 is 18.0 Å². The van der Waals surface area contributed by atoms with Crippen LogP contribution in [0.25, 0.3) is 0 Å². The minimum absolute atomic E-state index is 0.0505. The predicted molar refractivity (Wildman–Crippen MR) is 88.7 cm³/mol. The number of carboxylic acid groups (broad SMARTS) is 1. The number of ether oxygens (including phenoxy) is 2. The molecule has 1 N–H and O–H groups in total. The molecule has 0 saturated carbocycles. The van der Waals surface area contributed by atoms with Gasteiger partial charge in [-0.2, -0.15) is 0 Å². The van der Waals surface area contributed by atoms with Gasteiger partial charge in [-0.25, -0.2) is 9.59 Å². The maximum atomic E-state index is 12.4. The number of esters is 1. The SMILES string of the molecule is CC(C)(C)OC(=O)[C@@H]1[C@@H](C(=O)O)CCN1C(=O)OCc1ccccc1. The van der Waals surface area contributed by atoms with Crippen molar-refractivity contribution in [1.82, 2.24) is 4.90 Å². The van der Waals surface area contributed by atoms with E-state index in [0.717, 1.165) is 10.5 Å². The van der Waals surface area contributed by atoms with Crippen LogP contribution in [0.15, 0.2) is 30.3 Å². The van der Waals surface area contributed by atoms with Crippen molar-refractivity contribution in [2.75, 3.05) is 6.54 Å². The Kier molecular flexibility index (Phi) is 5.66. The molecule has 0 spiro atoms. The lowest BCUT2D eigenvalue weighted by atomic mass is 10.0. The van der Waals surface area contributed by atoms with Crippen molar-refractivity contribution in [3.63, 3.8) is 0 Å². The Morgan fingerprint density at radius 1 is 1.20 bits per heavy atom. The van der Waals surface area contributed by atoms with E-state index in [9.17, 15) is 19.5 Å². The number of hydrogen-bond donors (Lipinski definition) is 1. The van der Waals surface area contributed by atoms with Crippen LogP contribution in [0.2, 0.25) is 0 Å². The molecule has 0 aromatic heterocycles. The molecule has 7 heteroatoms. The second kappa shape index (κ2) is 7.55. The third kappa shape index (κ3) is 4.95. The van der Waals surface area contributed by atoms with Crippen molar-refractivity contribution in [3.8, 4) is 0 Å². The van der Waals surface area contributed by atoms with Gasteiger partial charge in [-0.1, -0.05) is 30.3 Å². The molecule has 2 rings (SSSR count). The number of carboxylic acids is 1. The Morgan fingerprint density at radius 2 is 1.84 bits per heavy atom. The molecule has 0 unspecified atom stereocenters. The van der Waals surface area contributed by atoms with Crippen LogP contribution in [0.1, 0.15) is 32.8 Å². The topological polar surface area (TPSA) is 93.1 Å². The lowest BCUT2D eigenvalue weighted by Crippen LogP contribution is -2.47. The molecule has 1 amide bonds. The molecule has 1 fully saturated rings. The molecule has 136 valence electrons. The molecule has 2 atom stereocenters. The fourth-order valence-electron chi connectivity index (χ4n) is 2.71. The second-order valence-corrected chi connectivity index (χ2v) is 6.95. The number of nitrogens with zero attached hydrogens (tertiary/aromatic N) is 1. The van der Waals surface area contributed by atoms with Gasteiger partial charge in [0.15, 0.2) is 0 Å². The lowest BCUT2D eigenvalue weighted by Gasteiger charge is -2.28. The highest BCUT2D eigenvalue weighted by Gasteiger charge is 2.48. The van der Waals surface area contributed by atoms with E-state index in [1.165, 1.54) is 0 Å². The summed E-state index contributed by atoms with van der Waals surface area (Å²) in [6.07, 6.45) is -0.539. The Bertz CT molecular complexity index is 637. The molecule has 1 aromatic carbocycles. The van der Waals surface area contributed by atoms with Gasteiger partial charge in [0.05, 0.1) is 5.92 Å². The number of carbonyl (C=O) groups is 3. The van der Waals surface area contributed by atoms with Crippen molar-refractivity contribution >= 4 is 18.0 Å². The summed E-state index contributed by atoms with van der Waals surface area (Å²) < 4.78 is 10.5. The summed E-state index contributed by atoms with van der Waals surface area (Å²) in [5, 5.41) is 9.35. The number of amides is 1. The van der Waals surface area contributed by atoms with Crippen LogP contribution in [0, 0.1) is 5.92 Å². The largest absolute Gasteiger partial charge is 0.481 e. The van der Waals surface area contributed by atoms with Gasteiger partial charge in [0, 0.05) is 6.54 Å². The predicted octanol–water partition coefficient (Wildman–Crippen LogP) is 2.44. The van der Waals surface area contributed by atoms with Crippen LogP contribution in [0.5, 0.6) is 0 Å². The average molecular weight is 349 g/mol. The number of likely N-dealkylation sites (tertiary alicyclic amines) is 1. The maximum Gasteiger partial charge on any atom is 0.410 e. The first-order valence-electron chi connectivity index (χ1n) is 8.12. The summed E-state index contributed by atoms with van der Waals surface area (Å²) >= 11 is 0. The standard InChI is InChI=1S/C18H23NO6/c1-18(2,3)25-16(22)14-13(15(20)21)9-10-19(14)17(23)24-11-12-7-5-4-6-8-12/h4-8,13-14H,9-11H2,1-3H3,(H,20,21)/t13-,14-/m0/s1. The Balaban J connectivity index is 2.09. The van der Waals surface area contributed by atoms with E-state index in [4.69, 9.17) is 9.47 Å². The van der Waals surface area contributed by atoms with Crippen molar-refractivity contribution < 1.29 is 29.0 Å². The van der Waals surface area contributed by atoms with Crippen molar-refractivity contribution in [2.24, 2.45) is 5.92 Å². The monoisotopic (exact) mass is 349 g/mol. The number of hydrogen-bond acceptors (Lipinski definition) is 5. The first-order chi connectivity index (χ1) is 11.7. The summed E-state index contributed by atoms with van der Waals surface area (Å²) in [5.74, 6) is -2.86. The zero-order valence-electron chi connectivity index (χ0n) is 14.6. The third-order valence-electron chi connectivity index (χ3n) is 3.80. The maximum absolute atomic E-state index is 12.4. The fraction of sp³-hybridized carbons (Fsp3) is 0.500. The van der Waals surface area contributed by atoms with E-state index in [-0.39, 0.29) is 19.6 Å². The van der Waals surface area contributed by atoms with Crippen LogP contribution in [-0.4, -0.2) is 46.2 Å². The fourth-order valence-corrected chi connectivity index (χ4v) is 2.71. The zero-order chi connectivity index (χ0) is 18.6. The van der Waals surface area contributed by atoms with Gasteiger partial charge in [0.25, 0.3) is 0 Å². The van der Waals surface area contributed by atoms with E-state index in [1.54, 1.807) is 20.8 Å². The lowest BCUT2D eigenvalue weighted by molar-refractivity contribution is -0.164. The minimum atomic E-state index is -1.18. The summed E-state index contributed by atoms with van der Waals surface area (Å²) in [7, 11) is 0. The van der Waals surface area contributed by atoms with Crippen LogP contribution in [0.4, 0.5) is 4.79 Å². The van der Waals surface area contributed by atoms with Crippen molar-refractivity contribution in [1.29, 1.82) is 0 Å². The summed E-state index contributed by atoms with van der Waals surface area (Å²) in [4.78, 5) is 37.4. The van der Waals surface area contributed by atoms with E-state index < -0.39 is 35.6 Å². The molecular formula is C18H23NO6. The third-order valence-corrected chi connectivity index (χ3v) is 3.80. The molecule has 0 bridgehead atoms. The Hall–Kier alpha value is -2.57. The molecule has 1 aromatic rings. The molecule has 7 nitrogen and oxygen atoms in total. The van der Waals surface area contributed by atoms with Gasteiger partial charge in [0.1, 0.15) is 18.2 Å². The second-order valence-electron chi connectivity index (χ2n) is 6.95. The summed E-state index contributed by atoms with van der Waals surface area (Å²) in [6, 6.07) is 7.93. The van der Waals surface area contributed by atoms with Gasteiger partial charge in [0.2, 0.25) is 0 Å². The minimum Gasteiger partial charge on any atom is -0.481 e. The smallest absolute Gasteiger partial charge is 0.410 e. The number of aliphatic carboxylic acids is 1. The van der Waals surface area contributed by atoms with E-state index in [0.29, 0.717) is 0 Å². The highest BCUT2D eigenvalue weighted by atomic mass is 16.6. The summed E-state index contributed by atoms with van der Waals surface area (Å²) in [6.45, 7) is 5.25. The normalized spacial score (nSPS) is 20.2. The molecule has 1 saturated heterocycles. The number of rotatable bonds is 4. The summed E-state index contributed by atoms with van der Waals surface area (Å²) in [5.41, 5.74) is 0.0288. The number of benzene rings is 1. The van der Waals surface area contributed by atoms with Crippen molar-refractivity contribution in [2.45, 2.75) is 45.4 Å². The van der Waals surface area contributed by atoms with Crippen LogP contribution < -0.4 is 0 Å². The van der Waals surface area contributed by atoms with Crippen LogP contribution in [-0.2, 0) is 25.7 Å². The first kappa shape index (κ1) is 18.8. The molecule has 0 radical (unpaired) electrons. The quantitative estimate of drug-likeness (QED) is 0.839.